The summed E-state index contributed by atoms with van der Waals surface area (Å²) in [7, 11) is -2.15. The zero-order chi connectivity index (χ0) is 20.7. The highest BCUT2D eigenvalue weighted by Crippen LogP contribution is 2.31. The smallest absolute Gasteiger partial charge is 0.264 e. The molecular formula is C20H21BrN2O3S2. The lowest BCUT2D eigenvalue weighted by molar-refractivity contribution is 0.0924. The van der Waals surface area contributed by atoms with E-state index < -0.39 is 10.0 Å². The number of hydrogen-bond acceptors (Lipinski definition) is 4. The van der Waals surface area contributed by atoms with Crippen LogP contribution in [0.15, 0.2) is 57.9 Å². The minimum Gasteiger partial charge on any atom is -0.347 e. The molecule has 0 bridgehead atoms. The Morgan fingerprint density at radius 3 is 2.32 bits per heavy atom. The number of carbonyl (C=O) groups is 1. The molecule has 2 aromatic carbocycles. The van der Waals surface area contributed by atoms with E-state index >= 15 is 0 Å². The molecule has 5 nitrogen and oxygen atoms in total. The number of benzene rings is 2. The molecule has 0 aliphatic carbocycles. The van der Waals surface area contributed by atoms with Gasteiger partial charge in [-0.25, -0.2) is 8.42 Å². The predicted octanol–water partition coefficient (Wildman–Crippen LogP) is 5.02. The van der Waals surface area contributed by atoms with Gasteiger partial charge in [-0.3, -0.25) is 9.10 Å². The largest absolute Gasteiger partial charge is 0.347 e. The molecule has 0 radical (unpaired) electrons. The third-order valence-corrected chi connectivity index (χ3v) is 7.49. The Hall–Kier alpha value is -1.90. The molecule has 0 spiro atoms. The van der Waals surface area contributed by atoms with Gasteiger partial charge in [0, 0.05) is 21.8 Å². The average molecular weight is 481 g/mol. The van der Waals surface area contributed by atoms with Gasteiger partial charge in [-0.2, -0.15) is 0 Å². The average Bonchev–Trinajstić information content (AvgIpc) is 3.03. The van der Waals surface area contributed by atoms with Crippen molar-refractivity contribution in [2.24, 2.45) is 0 Å². The number of thiophene rings is 1. The summed E-state index contributed by atoms with van der Waals surface area (Å²) in [5, 5.41) is 3.78. The van der Waals surface area contributed by atoms with E-state index in [9.17, 15) is 13.2 Å². The lowest BCUT2D eigenvalue weighted by Crippen LogP contribution is -2.40. The molecule has 0 fully saturated rings. The number of sulfonamides is 1. The first-order chi connectivity index (χ1) is 13.0. The topological polar surface area (TPSA) is 66.5 Å². The van der Waals surface area contributed by atoms with E-state index in [0.717, 1.165) is 14.6 Å². The molecule has 8 heteroatoms. The number of amides is 1. The Balaban J connectivity index is 1.93. The van der Waals surface area contributed by atoms with Crippen LogP contribution >= 0.6 is 27.3 Å². The maximum atomic E-state index is 12.9. The van der Waals surface area contributed by atoms with Crippen molar-refractivity contribution in [3.8, 4) is 0 Å². The number of nitrogens with one attached hydrogen (secondary N) is 1. The first-order valence-electron chi connectivity index (χ1n) is 8.58. The second kappa shape index (κ2) is 7.50. The highest BCUT2D eigenvalue weighted by atomic mass is 79.9. The number of rotatable bonds is 4. The second-order valence-electron chi connectivity index (χ2n) is 7.46. The Kier molecular flexibility index (Phi) is 5.58. The van der Waals surface area contributed by atoms with E-state index in [1.54, 1.807) is 42.5 Å². The van der Waals surface area contributed by atoms with Crippen LogP contribution in [-0.2, 0) is 10.0 Å². The number of fused-ring (bicyclic) bond motifs is 1. The van der Waals surface area contributed by atoms with E-state index in [1.165, 1.54) is 22.7 Å². The van der Waals surface area contributed by atoms with Crippen LogP contribution in [0.3, 0.4) is 0 Å². The number of carbonyl (C=O) groups excluding carboxylic acids is 1. The van der Waals surface area contributed by atoms with Crippen molar-refractivity contribution in [1.82, 2.24) is 5.32 Å². The number of anilines is 1. The number of halogens is 1. The molecule has 3 rings (SSSR count). The van der Waals surface area contributed by atoms with Crippen molar-refractivity contribution in [3.63, 3.8) is 0 Å². The van der Waals surface area contributed by atoms with E-state index in [0.29, 0.717) is 10.6 Å². The number of hydrogen-bond donors (Lipinski definition) is 1. The van der Waals surface area contributed by atoms with Crippen molar-refractivity contribution in [1.29, 1.82) is 0 Å². The summed E-state index contributed by atoms with van der Waals surface area (Å²) in [6.45, 7) is 5.79. The molecule has 0 unspecified atom stereocenters. The maximum Gasteiger partial charge on any atom is 0.264 e. The molecular weight excluding hydrogens is 460 g/mol. The van der Waals surface area contributed by atoms with Gasteiger partial charge in [-0.05, 0) is 74.7 Å². The second-order valence-corrected chi connectivity index (χ2v) is 11.4. The molecule has 0 aliphatic rings. The first kappa shape index (κ1) is 20.8. The van der Waals surface area contributed by atoms with Crippen LogP contribution in [0.2, 0.25) is 0 Å². The molecule has 0 atom stereocenters. The standard InChI is InChI=1S/C20H21BrN2O3S2/c1-20(2,3)22-19(24)18-12-13-11-15(7-10-17(13)27-18)23(4)28(25,26)16-8-5-14(21)6-9-16/h5-12H,1-4H3,(H,22,24). The molecule has 1 N–H and O–H groups in total. The van der Waals surface area contributed by atoms with E-state index in [2.05, 4.69) is 21.2 Å². The van der Waals surface area contributed by atoms with Gasteiger partial charge in [-0.1, -0.05) is 15.9 Å². The van der Waals surface area contributed by atoms with Gasteiger partial charge < -0.3 is 5.32 Å². The maximum absolute atomic E-state index is 12.9. The van der Waals surface area contributed by atoms with Crippen LogP contribution in [0.1, 0.15) is 30.4 Å². The Morgan fingerprint density at radius 2 is 1.71 bits per heavy atom. The van der Waals surface area contributed by atoms with Crippen LogP contribution in [0.4, 0.5) is 5.69 Å². The van der Waals surface area contributed by atoms with Gasteiger partial charge in [0.15, 0.2) is 0 Å². The van der Waals surface area contributed by atoms with E-state index in [1.807, 2.05) is 26.8 Å². The van der Waals surface area contributed by atoms with Gasteiger partial charge in [0.1, 0.15) is 0 Å². The van der Waals surface area contributed by atoms with Gasteiger partial charge in [0.25, 0.3) is 15.9 Å². The molecule has 0 saturated carbocycles. The lowest BCUT2D eigenvalue weighted by Gasteiger charge is -2.19. The highest BCUT2D eigenvalue weighted by molar-refractivity contribution is 9.10. The summed E-state index contributed by atoms with van der Waals surface area (Å²) in [6.07, 6.45) is 0. The van der Waals surface area contributed by atoms with Gasteiger partial charge in [-0.15, -0.1) is 11.3 Å². The van der Waals surface area contributed by atoms with E-state index in [-0.39, 0.29) is 16.3 Å². The quantitative estimate of drug-likeness (QED) is 0.569. The fourth-order valence-electron chi connectivity index (χ4n) is 2.64. The Bertz CT molecular complexity index is 1130. The third kappa shape index (κ3) is 4.39. The summed E-state index contributed by atoms with van der Waals surface area (Å²) in [4.78, 5) is 13.2. The lowest BCUT2D eigenvalue weighted by atomic mass is 10.1. The SMILES string of the molecule is CN(c1ccc2sc(C(=O)NC(C)(C)C)cc2c1)S(=O)(=O)c1ccc(Br)cc1. The fraction of sp³-hybridized carbons (Fsp3) is 0.250. The molecule has 1 heterocycles. The normalized spacial score (nSPS) is 12.2. The zero-order valence-electron chi connectivity index (χ0n) is 16.0. The molecule has 0 aliphatic heterocycles. The van der Waals surface area contributed by atoms with Crippen molar-refractivity contribution in [2.75, 3.05) is 11.4 Å². The molecule has 28 heavy (non-hydrogen) atoms. The van der Waals surface area contributed by atoms with Crippen molar-refractivity contribution >= 4 is 59.0 Å². The van der Waals surface area contributed by atoms with Crippen LogP contribution in [0, 0.1) is 0 Å². The van der Waals surface area contributed by atoms with Gasteiger partial charge >= 0.3 is 0 Å². The monoisotopic (exact) mass is 480 g/mol. The summed E-state index contributed by atoms with van der Waals surface area (Å²) >= 11 is 4.70. The van der Waals surface area contributed by atoms with Crippen LogP contribution in [-0.4, -0.2) is 26.9 Å². The number of nitrogens with zero attached hydrogens (tertiary/aromatic N) is 1. The Morgan fingerprint density at radius 1 is 1.07 bits per heavy atom. The fourth-order valence-corrected chi connectivity index (χ4v) is 5.03. The van der Waals surface area contributed by atoms with Crippen LogP contribution < -0.4 is 9.62 Å². The summed E-state index contributed by atoms with van der Waals surface area (Å²) in [6, 6.07) is 13.7. The van der Waals surface area contributed by atoms with E-state index in [4.69, 9.17) is 0 Å². The van der Waals surface area contributed by atoms with Crippen LogP contribution in [0.25, 0.3) is 10.1 Å². The van der Waals surface area contributed by atoms with Crippen molar-refractivity contribution in [3.05, 3.63) is 57.9 Å². The van der Waals surface area contributed by atoms with Gasteiger partial charge in [0.2, 0.25) is 0 Å². The molecule has 148 valence electrons. The summed E-state index contributed by atoms with van der Waals surface area (Å²) in [5.74, 6) is -0.133. The highest BCUT2D eigenvalue weighted by Gasteiger charge is 2.22. The first-order valence-corrected chi connectivity index (χ1v) is 11.6. The zero-order valence-corrected chi connectivity index (χ0v) is 19.2. The minimum absolute atomic E-state index is 0.133. The molecule has 0 saturated heterocycles. The third-order valence-electron chi connectivity index (χ3n) is 4.05. The van der Waals surface area contributed by atoms with Crippen LogP contribution in [0.5, 0.6) is 0 Å². The molecule has 3 aromatic rings. The van der Waals surface area contributed by atoms with Gasteiger partial charge in [0.05, 0.1) is 15.5 Å². The minimum atomic E-state index is -3.67. The molecule has 1 amide bonds. The van der Waals surface area contributed by atoms with Crippen molar-refractivity contribution < 1.29 is 13.2 Å². The summed E-state index contributed by atoms with van der Waals surface area (Å²) < 4.78 is 28.8. The molecule has 1 aromatic heterocycles. The predicted molar refractivity (Wildman–Crippen MR) is 119 cm³/mol. The van der Waals surface area contributed by atoms with Crippen molar-refractivity contribution in [2.45, 2.75) is 31.2 Å². The summed E-state index contributed by atoms with van der Waals surface area (Å²) in [5.41, 5.74) is 0.216. The Labute approximate surface area is 177 Å².